The molecule has 8 N–H and O–H groups in total. The van der Waals surface area contributed by atoms with E-state index in [1.54, 1.807) is 11.8 Å². The third-order valence-electron chi connectivity index (χ3n) is 5.18. The van der Waals surface area contributed by atoms with Gasteiger partial charge >= 0.3 is 11.9 Å². The molecule has 1 heterocycles. The van der Waals surface area contributed by atoms with E-state index < -0.39 is 60.2 Å². The third-order valence-corrected chi connectivity index (χ3v) is 5.83. The van der Waals surface area contributed by atoms with Crippen molar-refractivity contribution in [1.82, 2.24) is 25.9 Å². The number of carbonyl (C=O) groups is 5. The van der Waals surface area contributed by atoms with Crippen molar-refractivity contribution < 1.29 is 34.2 Å². The number of amides is 3. The Morgan fingerprint density at radius 2 is 1.61 bits per heavy atom. The number of H-pyrrole nitrogens is 1. The number of nitrogens with one attached hydrogen (secondary N) is 4. The van der Waals surface area contributed by atoms with Crippen LogP contribution in [0.1, 0.15) is 45.2 Å². The van der Waals surface area contributed by atoms with Crippen LogP contribution in [-0.2, 0) is 30.4 Å². The van der Waals surface area contributed by atoms with Gasteiger partial charge in [0, 0.05) is 24.7 Å². The summed E-state index contributed by atoms with van der Waals surface area (Å²) in [4.78, 5) is 67.7. The van der Waals surface area contributed by atoms with Gasteiger partial charge in [0.1, 0.15) is 18.1 Å². The van der Waals surface area contributed by atoms with Crippen molar-refractivity contribution in [3.8, 4) is 0 Å². The van der Waals surface area contributed by atoms with Crippen molar-refractivity contribution in [3.63, 3.8) is 0 Å². The van der Waals surface area contributed by atoms with Crippen molar-refractivity contribution in [2.75, 3.05) is 12.0 Å². The number of aliphatic carboxylic acids is 2. The maximum Gasteiger partial charge on any atom is 0.326 e. The van der Waals surface area contributed by atoms with E-state index in [-0.39, 0.29) is 25.2 Å². The van der Waals surface area contributed by atoms with Crippen LogP contribution < -0.4 is 21.7 Å². The van der Waals surface area contributed by atoms with Crippen LogP contribution in [0, 0.1) is 5.92 Å². The first kappa shape index (κ1) is 30.9. The number of imidazole rings is 1. The number of carboxylic acid groups (broad SMARTS) is 2. The maximum atomic E-state index is 13.2. The van der Waals surface area contributed by atoms with Gasteiger partial charge in [0.25, 0.3) is 0 Å². The largest absolute Gasteiger partial charge is 0.481 e. The Labute approximate surface area is 213 Å². The quantitative estimate of drug-likeness (QED) is 0.137. The van der Waals surface area contributed by atoms with Crippen molar-refractivity contribution >= 4 is 41.4 Å². The Hall–Kier alpha value is -3.13. The fraction of sp³-hybridized carbons (Fsp3) is 0.636. The summed E-state index contributed by atoms with van der Waals surface area (Å²) < 4.78 is 0. The molecule has 202 valence electrons. The van der Waals surface area contributed by atoms with E-state index in [0.717, 1.165) is 0 Å². The highest BCUT2D eigenvalue weighted by molar-refractivity contribution is 7.98. The highest BCUT2D eigenvalue weighted by Gasteiger charge is 2.31. The van der Waals surface area contributed by atoms with E-state index in [9.17, 15) is 29.1 Å². The van der Waals surface area contributed by atoms with Crippen molar-refractivity contribution in [1.29, 1.82) is 0 Å². The van der Waals surface area contributed by atoms with Gasteiger partial charge in [-0.25, -0.2) is 9.78 Å². The molecule has 13 nitrogen and oxygen atoms in total. The molecule has 0 saturated heterocycles. The number of rotatable bonds is 17. The molecule has 0 aliphatic rings. The molecule has 0 fully saturated rings. The number of aromatic nitrogens is 2. The van der Waals surface area contributed by atoms with Gasteiger partial charge in [-0.15, -0.1) is 0 Å². The van der Waals surface area contributed by atoms with Gasteiger partial charge in [-0.05, 0) is 37.2 Å². The molecule has 14 heteroatoms. The third kappa shape index (κ3) is 11.5. The zero-order valence-electron chi connectivity index (χ0n) is 20.7. The van der Waals surface area contributed by atoms with Crippen molar-refractivity contribution in [3.05, 3.63) is 18.2 Å². The monoisotopic (exact) mass is 528 g/mol. The lowest BCUT2D eigenvalue weighted by atomic mass is 10.0. The highest BCUT2D eigenvalue weighted by Crippen LogP contribution is 2.09. The first-order valence-corrected chi connectivity index (χ1v) is 12.9. The van der Waals surface area contributed by atoms with Crippen LogP contribution in [0.5, 0.6) is 0 Å². The number of thioether (sulfide) groups is 1. The Morgan fingerprint density at radius 1 is 1.00 bits per heavy atom. The van der Waals surface area contributed by atoms with Gasteiger partial charge in [-0.2, -0.15) is 11.8 Å². The Balaban J connectivity index is 3.04. The minimum absolute atomic E-state index is 0.0239. The number of carboxylic acids is 2. The molecule has 36 heavy (non-hydrogen) atoms. The van der Waals surface area contributed by atoms with Crippen LogP contribution in [0.15, 0.2) is 12.5 Å². The van der Waals surface area contributed by atoms with Crippen LogP contribution in [0.2, 0.25) is 0 Å². The topological polar surface area (TPSA) is 217 Å². The van der Waals surface area contributed by atoms with Crippen molar-refractivity contribution in [2.45, 2.75) is 70.1 Å². The average molecular weight is 529 g/mol. The predicted octanol–water partition coefficient (Wildman–Crippen LogP) is -0.517. The van der Waals surface area contributed by atoms with Crippen LogP contribution >= 0.6 is 11.8 Å². The van der Waals surface area contributed by atoms with Gasteiger partial charge in [0.15, 0.2) is 0 Å². The summed E-state index contributed by atoms with van der Waals surface area (Å²) in [5, 5.41) is 25.8. The molecule has 0 aromatic carbocycles. The molecule has 4 unspecified atom stereocenters. The second-order valence-electron chi connectivity index (χ2n) is 8.75. The lowest BCUT2D eigenvalue weighted by Gasteiger charge is -2.26. The molecule has 1 rings (SSSR count). The molecule has 0 spiro atoms. The molecule has 0 radical (unpaired) electrons. The second kappa shape index (κ2) is 15.8. The standard InChI is InChI=1S/C22H36N6O7S/c1-12(2)8-16(27-19(31)14(23)6-7-36-3)20(32)28-17(9-13-10-24-11-25-13)21(33)26-15(22(34)35)4-5-18(29)30/h10-12,14-17H,4-9,23H2,1-3H3,(H,24,25)(H,26,33)(H,27,31)(H,28,32)(H,29,30)(H,34,35). The number of nitrogens with zero attached hydrogens (tertiary/aromatic N) is 1. The van der Waals surface area contributed by atoms with Gasteiger partial charge in [-0.3, -0.25) is 19.2 Å². The minimum Gasteiger partial charge on any atom is -0.481 e. The summed E-state index contributed by atoms with van der Waals surface area (Å²) in [6, 6.07) is -4.46. The summed E-state index contributed by atoms with van der Waals surface area (Å²) in [5.74, 6) is -3.85. The normalized spacial score (nSPS) is 14.4. The lowest BCUT2D eigenvalue weighted by Crippen LogP contribution is -2.58. The van der Waals surface area contributed by atoms with E-state index in [2.05, 4.69) is 25.9 Å². The summed E-state index contributed by atoms with van der Waals surface area (Å²) in [5.41, 5.74) is 6.42. The van der Waals surface area contributed by atoms with Crippen LogP contribution in [0.4, 0.5) is 0 Å². The van der Waals surface area contributed by atoms with Crippen LogP contribution in [-0.4, -0.2) is 86.0 Å². The number of carbonyl (C=O) groups excluding carboxylic acids is 3. The van der Waals surface area contributed by atoms with Gasteiger partial charge in [0.2, 0.25) is 17.7 Å². The second-order valence-corrected chi connectivity index (χ2v) is 9.74. The SMILES string of the molecule is CSCCC(N)C(=O)NC(CC(C)C)C(=O)NC(Cc1cnc[nH]1)C(=O)NC(CCC(=O)O)C(=O)O. The zero-order valence-corrected chi connectivity index (χ0v) is 21.5. The summed E-state index contributed by atoms with van der Waals surface area (Å²) in [7, 11) is 0. The van der Waals surface area contributed by atoms with Gasteiger partial charge in [0.05, 0.1) is 12.4 Å². The first-order valence-electron chi connectivity index (χ1n) is 11.5. The minimum atomic E-state index is -1.46. The number of aromatic amines is 1. The smallest absolute Gasteiger partial charge is 0.326 e. The molecule has 1 aromatic heterocycles. The summed E-state index contributed by atoms with van der Waals surface area (Å²) in [6.45, 7) is 3.74. The molecule has 4 atom stereocenters. The first-order chi connectivity index (χ1) is 16.9. The molecule has 0 bridgehead atoms. The Morgan fingerprint density at radius 3 is 2.14 bits per heavy atom. The predicted molar refractivity (Wildman–Crippen MR) is 133 cm³/mol. The van der Waals surface area contributed by atoms with E-state index in [1.165, 1.54) is 12.5 Å². The maximum absolute atomic E-state index is 13.2. The summed E-state index contributed by atoms with van der Waals surface area (Å²) in [6.07, 6.45) is 4.59. The van der Waals surface area contributed by atoms with Gasteiger partial charge < -0.3 is 36.9 Å². The van der Waals surface area contributed by atoms with E-state index in [0.29, 0.717) is 17.9 Å². The number of nitrogens with two attached hydrogens (primary N) is 1. The van der Waals surface area contributed by atoms with E-state index in [4.69, 9.17) is 10.8 Å². The molecule has 1 aromatic rings. The highest BCUT2D eigenvalue weighted by atomic mass is 32.2. The molecular weight excluding hydrogens is 492 g/mol. The Kier molecular flexibility index (Phi) is 13.5. The molecule has 3 amide bonds. The van der Waals surface area contributed by atoms with Crippen molar-refractivity contribution in [2.24, 2.45) is 11.7 Å². The lowest BCUT2D eigenvalue weighted by molar-refractivity contribution is -0.143. The van der Waals surface area contributed by atoms with Crippen LogP contribution in [0.3, 0.4) is 0 Å². The molecule has 0 aliphatic carbocycles. The molecule has 0 saturated carbocycles. The molecule has 0 aliphatic heterocycles. The van der Waals surface area contributed by atoms with Crippen LogP contribution in [0.25, 0.3) is 0 Å². The average Bonchev–Trinajstić information content (AvgIpc) is 3.31. The number of hydrogen-bond donors (Lipinski definition) is 7. The molecular formula is C22H36N6O7S. The number of hydrogen-bond acceptors (Lipinski definition) is 8. The fourth-order valence-electron chi connectivity index (χ4n) is 3.25. The van der Waals surface area contributed by atoms with E-state index in [1.807, 2.05) is 20.1 Å². The fourth-order valence-corrected chi connectivity index (χ4v) is 3.74. The van der Waals surface area contributed by atoms with Gasteiger partial charge in [-0.1, -0.05) is 13.8 Å². The van der Waals surface area contributed by atoms with E-state index >= 15 is 0 Å². The Bertz CT molecular complexity index is 880. The zero-order chi connectivity index (χ0) is 27.3. The summed E-state index contributed by atoms with van der Waals surface area (Å²) >= 11 is 1.54.